The van der Waals surface area contributed by atoms with E-state index in [9.17, 15) is 14.0 Å². The Balaban J connectivity index is 2.05. The number of hydrogen-bond acceptors (Lipinski definition) is 4. The predicted molar refractivity (Wildman–Crippen MR) is 96.5 cm³/mol. The van der Waals surface area contributed by atoms with Gasteiger partial charge in [-0.05, 0) is 55.7 Å². The SMILES string of the molecule is C=C(C)C(=O)Oc1ccc(Cc2ccc(OC(=O)C(=C)C)c(F)c2)cc1. The molecule has 0 saturated carbocycles. The highest BCUT2D eigenvalue weighted by Gasteiger charge is 2.11. The van der Waals surface area contributed by atoms with Crippen molar-refractivity contribution in [1.29, 1.82) is 0 Å². The number of halogens is 1. The number of hydrogen-bond donors (Lipinski definition) is 0. The van der Waals surface area contributed by atoms with Gasteiger partial charge in [0, 0.05) is 11.1 Å². The number of esters is 2. The zero-order valence-corrected chi connectivity index (χ0v) is 14.7. The van der Waals surface area contributed by atoms with Gasteiger partial charge in [-0.25, -0.2) is 14.0 Å². The van der Waals surface area contributed by atoms with Crippen LogP contribution < -0.4 is 9.47 Å². The largest absolute Gasteiger partial charge is 0.423 e. The van der Waals surface area contributed by atoms with Gasteiger partial charge in [-0.15, -0.1) is 0 Å². The molecule has 0 heterocycles. The smallest absolute Gasteiger partial charge is 0.338 e. The minimum absolute atomic E-state index is 0.135. The normalized spacial score (nSPS) is 10.1. The molecule has 2 rings (SSSR count). The summed E-state index contributed by atoms with van der Waals surface area (Å²) in [5.41, 5.74) is 2.13. The molecule has 2 aromatic carbocycles. The zero-order chi connectivity index (χ0) is 19.3. The average Bonchev–Trinajstić information content (AvgIpc) is 2.58. The molecule has 0 N–H and O–H groups in total. The summed E-state index contributed by atoms with van der Waals surface area (Å²) in [6.45, 7) is 10.0. The van der Waals surface area contributed by atoms with Crippen LogP contribution in [0, 0.1) is 5.82 Å². The number of benzene rings is 2. The maximum absolute atomic E-state index is 14.1. The number of rotatable bonds is 6. The lowest BCUT2D eigenvalue weighted by Crippen LogP contribution is -2.09. The van der Waals surface area contributed by atoms with Crippen molar-refractivity contribution in [2.24, 2.45) is 0 Å². The van der Waals surface area contributed by atoms with E-state index in [-0.39, 0.29) is 11.3 Å². The summed E-state index contributed by atoms with van der Waals surface area (Å²) < 4.78 is 24.1. The summed E-state index contributed by atoms with van der Waals surface area (Å²) >= 11 is 0. The highest BCUT2D eigenvalue weighted by atomic mass is 19.1. The van der Waals surface area contributed by atoms with Gasteiger partial charge in [0.05, 0.1) is 0 Å². The minimum atomic E-state index is -0.670. The first-order valence-electron chi connectivity index (χ1n) is 7.89. The Morgan fingerprint density at radius 2 is 1.42 bits per heavy atom. The van der Waals surface area contributed by atoms with Gasteiger partial charge in [0.25, 0.3) is 0 Å². The molecule has 0 unspecified atom stereocenters. The molecule has 0 bridgehead atoms. The minimum Gasteiger partial charge on any atom is -0.423 e. The van der Waals surface area contributed by atoms with Gasteiger partial charge >= 0.3 is 11.9 Å². The Kier molecular flexibility index (Phi) is 6.07. The summed E-state index contributed by atoms with van der Waals surface area (Å²) in [5.74, 6) is -1.50. The Bertz CT molecular complexity index is 866. The first kappa shape index (κ1) is 19.1. The van der Waals surface area contributed by atoms with Crippen LogP contribution in [0.15, 0.2) is 66.8 Å². The second-order valence-electron chi connectivity index (χ2n) is 5.93. The van der Waals surface area contributed by atoms with E-state index in [1.54, 1.807) is 37.3 Å². The fourth-order valence-corrected chi connectivity index (χ4v) is 2.03. The Morgan fingerprint density at radius 1 is 0.885 bits per heavy atom. The van der Waals surface area contributed by atoms with E-state index in [0.29, 0.717) is 23.3 Å². The van der Waals surface area contributed by atoms with E-state index < -0.39 is 17.8 Å². The van der Waals surface area contributed by atoms with E-state index in [4.69, 9.17) is 9.47 Å². The van der Waals surface area contributed by atoms with Gasteiger partial charge in [0.15, 0.2) is 11.6 Å². The second-order valence-corrected chi connectivity index (χ2v) is 5.93. The van der Waals surface area contributed by atoms with Gasteiger partial charge < -0.3 is 9.47 Å². The molecular formula is C21H19FO4. The van der Waals surface area contributed by atoms with E-state index in [2.05, 4.69) is 13.2 Å². The van der Waals surface area contributed by atoms with Crippen LogP contribution in [0.2, 0.25) is 0 Å². The summed E-state index contributed by atoms with van der Waals surface area (Å²) in [5, 5.41) is 0. The lowest BCUT2D eigenvalue weighted by atomic mass is 10.0. The van der Waals surface area contributed by atoms with E-state index in [1.165, 1.54) is 19.1 Å². The quantitative estimate of drug-likeness (QED) is 0.439. The molecular weight excluding hydrogens is 335 g/mol. The molecule has 0 fully saturated rings. The number of ether oxygens (including phenoxy) is 2. The van der Waals surface area contributed by atoms with Crippen LogP contribution in [-0.4, -0.2) is 11.9 Å². The number of carbonyl (C=O) groups is 2. The van der Waals surface area contributed by atoms with E-state index >= 15 is 0 Å². The zero-order valence-electron chi connectivity index (χ0n) is 14.7. The molecule has 0 spiro atoms. The topological polar surface area (TPSA) is 52.6 Å². The van der Waals surface area contributed by atoms with Crippen molar-refractivity contribution in [2.75, 3.05) is 0 Å². The Hall–Kier alpha value is -3.21. The fourth-order valence-electron chi connectivity index (χ4n) is 2.03. The Morgan fingerprint density at radius 3 is 1.96 bits per heavy atom. The highest BCUT2D eigenvalue weighted by molar-refractivity contribution is 5.89. The predicted octanol–water partition coefficient (Wildman–Crippen LogP) is 4.38. The Labute approximate surface area is 151 Å². The van der Waals surface area contributed by atoms with Crippen molar-refractivity contribution in [3.8, 4) is 11.5 Å². The van der Waals surface area contributed by atoms with E-state index in [1.807, 2.05) is 0 Å². The van der Waals surface area contributed by atoms with Crippen molar-refractivity contribution >= 4 is 11.9 Å². The molecule has 0 aliphatic rings. The molecule has 5 heteroatoms. The van der Waals surface area contributed by atoms with E-state index in [0.717, 1.165) is 5.56 Å². The second kappa shape index (κ2) is 8.25. The van der Waals surface area contributed by atoms with Gasteiger partial charge in [0.2, 0.25) is 0 Å². The van der Waals surface area contributed by atoms with Crippen LogP contribution in [0.5, 0.6) is 11.5 Å². The van der Waals surface area contributed by atoms with Crippen molar-refractivity contribution in [1.82, 2.24) is 0 Å². The molecule has 0 atom stereocenters. The average molecular weight is 354 g/mol. The third-order valence-electron chi connectivity index (χ3n) is 3.44. The van der Waals surface area contributed by atoms with Gasteiger partial charge in [-0.3, -0.25) is 0 Å². The third-order valence-corrected chi connectivity index (χ3v) is 3.44. The molecule has 0 saturated heterocycles. The van der Waals surface area contributed by atoms with Crippen molar-refractivity contribution in [3.63, 3.8) is 0 Å². The molecule has 4 nitrogen and oxygen atoms in total. The monoisotopic (exact) mass is 354 g/mol. The summed E-state index contributed by atoms with van der Waals surface area (Å²) in [7, 11) is 0. The van der Waals surface area contributed by atoms with Gasteiger partial charge in [-0.2, -0.15) is 0 Å². The van der Waals surface area contributed by atoms with Gasteiger partial charge in [0.1, 0.15) is 5.75 Å². The molecule has 0 aliphatic carbocycles. The van der Waals surface area contributed by atoms with Crippen LogP contribution in [-0.2, 0) is 16.0 Å². The first-order chi connectivity index (χ1) is 12.3. The van der Waals surface area contributed by atoms with Crippen LogP contribution in [0.1, 0.15) is 25.0 Å². The van der Waals surface area contributed by atoms with Crippen LogP contribution in [0.25, 0.3) is 0 Å². The fraction of sp³-hybridized carbons (Fsp3) is 0.143. The molecule has 0 radical (unpaired) electrons. The molecule has 2 aromatic rings. The molecule has 134 valence electrons. The van der Waals surface area contributed by atoms with Crippen LogP contribution in [0.3, 0.4) is 0 Å². The molecule has 0 amide bonds. The third kappa shape index (κ3) is 5.14. The standard InChI is InChI=1S/C21H19FO4/c1-13(2)20(23)25-17-8-5-15(6-9-17)11-16-7-10-19(18(22)12-16)26-21(24)14(3)4/h5-10,12H,1,3,11H2,2,4H3. The lowest BCUT2D eigenvalue weighted by molar-refractivity contribution is -0.131. The van der Waals surface area contributed by atoms with Crippen LogP contribution in [0.4, 0.5) is 4.39 Å². The molecule has 0 aliphatic heterocycles. The van der Waals surface area contributed by atoms with Crippen molar-refractivity contribution in [2.45, 2.75) is 20.3 Å². The summed E-state index contributed by atoms with van der Waals surface area (Å²) in [6, 6.07) is 11.3. The lowest BCUT2D eigenvalue weighted by Gasteiger charge is -2.08. The first-order valence-corrected chi connectivity index (χ1v) is 7.89. The van der Waals surface area contributed by atoms with Crippen LogP contribution >= 0.6 is 0 Å². The van der Waals surface area contributed by atoms with Crippen molar-refractivity contribution < 1.29 is 23.5 Å². The summed E-state index contributed by atoms with van der Waals surface area (Å²) in [4.78, 5) is 22.9. The highest BCUT2D eigenvalue weighted by Crippen LogP contribution is 2.22. The van der Waals surface area contributed by atoms with Gasteiger partial charge in [-0.1, -0.05) is 31.4 Å². The molecule has 0 aromatic heterocycles. The maximum atomic E-state index is 14.1. The number of carbonyl (C=O) groups excluding carboxylic acids is 2. The van der Waals surface area contributed by atoms with Crippen molar-refractivity contribution in [3.05, 3.63) is 83.7 Å². The maximum Gasteiger partial charge on any atom is 0.338 e. The summed E-state index contributed by atoms with van der Waals surface area (Å²) in [6.07, 6.45) is 0.473. The molecule has 26 heavy (non-hydrogen) atoms.